The average Bonchev–Trinajstić information content (AvgIpc) is 2.66. The molecule has 0 N–H and O–H groups in total. The number of carbonyl (C=O) groups is 1. The number of nitrogens with zero attached hydrogens (tertiary/aromatic N) is 2. The predicted molar refractivity (Wildman–Crippen MR) is 113 cm³/mol. The highest BCUT2D eigenvalue weighted by Crippen LogP contribution is 2.32. The first kappa shape index (κ1) is 22.2. The molecule has 1 amide bonds. The molecule has 3 rings (SSSR count). The van der Waals surface area contributed by atoms with E-state index in [9.17, 15) is 13.2 Å². The molecule has 0 saturated carbocycles. The minimum absolute atomic E-state index is 0.125. The molecule has 0 aromatic heterocycles. The molecule has 0 spiro atoms. The zero-order chi connectivity index (χ0) is 21.6. The number of morpholine rings is 1. The minimum atomic E-state index is -3.58. The van der Waals surface area contributed by atoms with E-state index in [0.29, 0.717) is 50.6 Å². The third-order valence-electron chi connectivity index (χ3n) is 6.61. The molecule has 0 aliphatic carbocycles. The van der Waals surface area contributed by atoms with Crippen LogP contribution >= 0.6 is 0 Å². The van der Waals surface area contributed by atoms with Crippen molar-refractivity contribution >= 4 is 15.9 Å². The summed E-state index contributed by atoms with van der Waals surface area (Å²) in [5.74, 6) is 0.00868. The van der Waals surface area contributed by atoms with Crippen molar-refractivity contribution in [2.75, 3.05) is 32.8 Å². The lowest BCUT2D eigenvalue weighted by Crippen LogP contribution is -2.58. The molecule has 2 heterocycles. The van der Waals surface area contributed by atoms with Crippen LogP contribution in [0.2, 0.25) is 0 Å². The first-order valence-electron chi connectivity index (χ1n) is 10.4. The van der Waals surface area contributed by atoms with E-state index in [-0.39, 0.29) is 17.4 Å². The molecule has 2 aliphatic heterocycles. The van der Waals surface area contributed by atoms with Gasteiger partial charge in [-0.15, -0.1) is 0 Å². The molecule has 1 aromatic carbocycles. The highest BCUT2D eigenvalue weighted by Gasteiger charge is 2.40. The lowest BCUT2D eigenvalue weighted by Gasteiger charge is -2.44. The van der Waals surface area contributed by atoms with Gasteiger partial charge in [0.15, 0.2) is 0 Å². The number of ether oxygens (including phenoxy) is 1. The van der Waals surface area contributed by atoms with Gasteiger partial charge in [0.1, 0.15) is 0 Å². The Morgan fingerprint density at radius 3 is 2.10 bits per heavy atom. The summed E-state index contributed by atoms with van der Waals surface area (Å²) in [5, 5.41) is 0. The Hall–Kier alpha value is -1.44. The number of hydrogen-bond acceptors (Lipinski definition) is 4. The van der Waals surface area contributed by atoms with Gasteiger partial charge in [0.05, 0.1) is 23.6 Å². The highest BCUT2D eigenvalue weighted by atomic mass is 32.2. The van der Waals surface area contributed by atoms with Gasteiger partial charge in [-0.2, -0.15) is 4.31 Å². The van der Waals surface area contributed by atoms with Crippen molar-refractivity contribution in [3.63, 3.8) is 0 Å². The molecule has 0 atom stereocenters. The van der Waals surface area contributed by atoms with E-state index in [1.807, 2.05) is 52.5 Å². The van der Waals surface area contributed by atoms with Crippen LogP contribution in [0.1, 0.15) is 48.9 Å². The second-order valence-electron chi connectivity index (χ2n) is 9.12. The Labute approximate surface area is 175 Å². The fraction of sp³-hybridized carbons (Fsp3) is 0.682. The van der Waals surface area contributed by atoms with Crippen LogP contribution in [0, 0.1) is 33.6 Å². The first-order chi connectivity index (χ1) is 13.5. The Morgan fingerprint density at radius 1 is 1.03 bits per heavy atom. The quantitative estimate of drug-likeness (QED) is 0.751. The van der Waals surface area contributed by atoms with E-state index in [0.717, 1.165) is 22.3 Å². The van der Waals surface area contributed by atoms with Crippen LogP contribution in [0.25, 0.3) is 0 Å². The summed E-state index contributed by atoms with van der Waals surface area (Å²) >= 11 is 0. The topological polar surface area (TPSA) is 66.9 Å². The lowest BCUT2D eigenvalue weighted by atomic mass is 9.93. The first-order valence-corrected chi connectivity index (χ1v) is 11.9. The molecule has 2 aliphatic rings. The van der Waals surface area contributed by atoms with Crippen LogP contribution in [-0.2, 0) is 19.6 Å². The molecule has 162 valence electrons. The lowest BCUT2D eigenvalue weighted by molar-refractivity contribution is -0.151. The van der Waals surface area contributed by atoms with Crippen LogP contribution in [0.15, 0.2) is 11.0 Å². The molecule has 1 aromatic rings. The number of sulfonamides is 1. The van der Waals surface area contributed by atoms with Gasteiger partial charge in [-0.05, 0) is 76.6 Å². The van der Waals surface area contributed by atoms with Crippen molar-refractivity contribution in [3.05, 3.63) is 28.3 Å². The predicted octanol–water partition coefficient (Wildman–Crippen LogP) is 2.96. The third-order valence-corrected chi connectivity index (χ3v) is 8.78. The maximum atomic E-state index is 13.4. The highest BCUT2D eigenvalue weighted by molar-refractivity contribution is 7.89. The van der Waals surface area contributed by atoms with Gasteiger partial charge in [-0.3, -0.25) is 4.79 Å². The Bertz CT molecular complexity index is 874. The number of aryl methyl sites for hydroxylation is 2. The van der Waals surface area contributed by atoms with E-state index in [1.54, 1.807) is 4.31 Å². The molecular weight excluding hydrogens is 388 g/mol. The number of rotatable bonds is 3. The summed E-state index contributed by atoms with van der Waals surface area (Å²) in [4.78, 5) is 15.5. The van der Waals surface area contributed by atoms with Crippen LogP contribution in [0.3, 0.4) is 0 Å². The van der Waals surface area contributed by atoms with Gasteiger partial charge in [0, 0.05) is 25.6 Å². The molecule has 29 heavy (non-hydrogen) atoms. The Morgan fingerprint density at radius 2 is 1.59 bits per heavy atom. The van der Waals surface area contributed by atoms with Crippen LogP contribution in [-0.4, -0.2) is 61.9 Å². The number of amides is 1. The largest absolute Gasteiger partial charge is 0.377 e. The summed E-state index contributed by atoms with van der Waals surface area (Å²) in [7, 11) is -3.58. The van der Waals surface area contributed by atoms with Crippen molar-refractivity contribution in [2.24, 2.45) is 5.92 Å². The second kappa shape index (κ2) is 8.00. The number of carbonyl (C=O) groups excluding carboxylic acids is 1. The van der Waals surface area contributed by atoms with E-state index >= 15 is 0 Å². The third kappa shape index (κ3) is 4.09. The van der Waals surface area contributed by atoms with E-state index in [1.165, 1.54) is 0 Å². The number of piperidine rings is 1. The van der Waals surface area contributed by atoms with Crippen molar-refractivity contribution < 1.29 is 17.9 Å². The van der Waals surface area contributed by atoms with E-state index < -0.39 is 10.0 Å². The van der Waals surface area contributed by atoms with Crippen LogP contribution < -0.4 is 0 Å². The summed E-state index contributed by atoms with van der Waals surface area (Å²) in [6.07, 6.45) is 1.13. The summed E-state index contributed by atoms with van der Waals surface area (Å²) in [5.41, 5.74) is 3.31. The van der Waals surface area contributed by atoms with E-state index in [4.69, 9.17) is 4.74 Å². The maximum Gasteiger partial charge on any atom is 0.243 e. The summed E-state index contributed by atoms with van der Waals surface area (Å²) < 4.78 is 33.9. The van der Waals surface area contributed by atoms with Gasteiger partial charge >= 0.3 is 0 Å². The Balaban J connectivity index is 1.76. The molecule has 2 saturated heterocycles. The second-order valence-corrected chi connectivity index (χ2v) is 11.0. The molecule has 7 heteroatoms. The van der Waals surface area contributed by atoms with Crippen molar-refractivity contribution in [1.29, 1.82) is 0 Å². The van der Waals surface area contributed by atoms with Gasteiger partial charge in [-0.1, -0.05) is 6.07 Å². The molecule has 0 unspecified atom stereocenters. The summed E-state index contributed by atoms with van der Waals surface area (Å²) in [6.45, 7) is 14.2. The molecule has 6 nitrogen and oxygen atoms in total. The monoisotopic (exact) mass is 422 g/mol. The van der Waals surface area contributed by atoms with Crippen molar-refractivity contribution in [3.8, 4) is 0 Å². The van der Waals surface area contributed by atoms with Crippen LogP contribution in [0.5, 0.6) is 0 Å². The van der Waals surface area contributed by atoms with E-state index in [2.05, 4.69) is 0 Å². The standard InChI is InChI=1S/C22H34N2O4S/c1-15-13-16(2)18(4)20(17(15)3)29(26,27)23-9-7-19(8-10-23)21(25)24-11-12-28-14-22(24,5)6/h13,19H,7-12,14H2,1-6H3. The zero-order valence-electron chi connectivity index (χ0n) is 18.5. The molecular formula is C22H34N2O4S. The minimum Gasteiger partial charge on any atom is -0.377 e. The molecule has 0 bridgehead atoms. The average molecular weight is 423 g/mol. The van der Waals surface area contributed by atoms with Crippen molar-refractivity contribution in [1.82, 2.24) is 9.21 Å². The zero-order valence-corrected chi connectivity index (χ0v) is 19.4. The maximum absolute atomic E-state index is 13.4. The SMILES string of the molecule is Cc1cc(C)c(C)c(S(=O)(=O)N2CCC(C(=O)N3CCOCC3(C)C)CC2)c1C. The number of benzene rings is 1. The van der Waals surface area contributed by atoms with Gasteiger partial charge in [0.2, 0.25) is 15.9 Å². The number of hydrogen-bond donors (Lipinski definition) is 0. The van der Waals surface area contributed by atoms with Crippen LogP contribution in [0.4, 0.5) is 0 Å². The molecule has 2 fully saturated rings. The van der Waals surface area contributed by atoms with Gasteiger partial charge < -0.3 is 9.64 Å². The normalized spacial score (nSPS) is 21.4. The fourth-order valence-corrected chi connectivity index (χ4v) is 6.57. The smallest absolute Gasteiger partial charge is 0.243 e. The van der Waals surface area contributed by atoms with Gasteiger partial charge in [-0.25, -0.2) is 8.42 Å². The van der Waals surface area contributed by atoms with Crippen molar-refractivity contribution in [2.45, 2.75) is 64.8 Å². The summed E-state index contributed by atoms with van der Waals surface area (Å²) in [6, 6.07) is 2.04. The molecule has 0 radical (unpaired) electrons. The Kier molecular flexibility index (Phi) is 6.14. The fourth-order valence-electron chi connectivity index (χ4n) is 4.53. The van der Waals surface area contributed by atoms with Gasteiger partial charge in [0.25, 0.3) is 0 Å².